The number of aromatic nitrogens is 1. The van der Waals surface area contributed by atoms with Crippen molar-refractivity contribution in [3.05, 3.63) is 50.3 Å². The Bertz CT molecular complexity index is 747. The van der Waals surface area contributed by atoms with Gasteiger partial charge in [-0.3, -0.25) is 0 Å². The zero-order valence-electron chi connectivity index (χ0n) is 10.9. The van der Waals surface area contributed by atoms with Gasteiger partial charge in [0.2, 0.25) is 0 Å². The molecule has 0 saturated heterocycles. The van der Waals surface area contributed by atoms with Crippen molar-refractivity contribution < 1.29 is 4.39 Å². The van der Waals surface area contributed by atoms with Crippen molar-refractivity contribution in [1.82, 2.24) is 4.98 Å². The summed E-state index contributed by atoms with van der Waals surface area (Å²) in [6, 6.07) is 6.53. The number of nitrogens with zero attached hydrogens (tertiary/aromatic N) is 2. The summed E-state index contributed by atoms with van der Waals surface area (Å²) < 4.78 is 13.7. The van der Waals surface area contributed by atoms with Crippen molar-refractivity contribution in [2.24, 2.45) is 0 Å². The van der Waals surface area contributed by atoms with Crippen LogP contribution in [0.2, 0.25) is 5.02 Å². The molecule has 2 aromatic rings. The summed E-state index contributed by atoms with van der Waals surface area (Å²) in [7, 11) is 0. The van der Waals surface area contributed by atoms with Gasteiger partial charge in [-0.15, -0.1) is 0 Å². The minimum Gasteiger partial charge on any atom is -0.337 e. The number of nitriles is 1. The third kappa shape index (κ3) is 2.74. The molecule has 1 aromatic carbocycles. The molecule has 1 aliphatic carbocycles. The Hall–Kier alpha value is -1.64. The lowest BCUT2D eigenvalue weighted by Gasteiger charge is -2.12. The molecule has 0 amide bonds. The molecule has 1 heterocycles. The lowest BCUT2D eigenvalue weighted by Crippen LogP contribution is -2.02. The highest BCUT2D eigenvalue weighted by atomic mass is 79.9. The smallest absolute Gasteiger partial charge is 0.148 e. The van der Waals surface area contributed by atoms with E-state index < -0.39 is 5.82 Å². The molecule has 1 aliphatic rings. The molecule has 0 radical (unpaired) electrons. The van der Waals surface area contributed by atoms with Crippen molar-refractivity contribution in [3.8, 4) is 6.07 Å². The van der Waals surface area contributed by atoms with Crippen LogP contribution in [0.4, 0.5) is 15.9 Å². The monoisotopic (exact) mass is 365 g/mol. The Morgan fingerprint density at radius 3 is 2.86 bits per heavy atom. The highest BCUT2D eigenvalue weighted by Crippen LogP contribution is 2.35. The molecule has 21 heavy (non-hydrogen) atoms. The molecule has 0 spiro atoms. The van der Waals surface area contributed by atoms with E-state index in [4.69, 9.17) is 11.6 Å². The van der Waals surface area contributed by atoms with Gasteiger partial charge in [-0.2, -0.15) is 5.26 Å². The highest BCUT2D eigenvalue weighted by Gasteiger charge is 2.18. The minimum absolute atomic E-state index is 0.230. The van der Waals surface area contributed by atoms with Crippen LogP contribution < -0.4 is 5.32 Å². The third-order valence-corrected chi connectivity index (χ3v) is 4.35. The maximum atomic E-state index is 13.3. The largest absolute Gasteiger partial charge is 0.337 e. The van der Waals surface area contributed by atoms with Crippen molar-refractivity contribution in [3.63, 3.8) is 0 Å². The molecular weight excluding hydrogens is 357 g/mol. The molecule has 0 bridgehead atoms. The number of pyridine rings is 1. The summed E-state index contributed by atoms with van der Waals surface area (Å²) in [6.07, 6.45) is 2.92. The number of nitrogens with one attached hydrogen (secondary N) is 1. The van der Waals surface area contributed by atoms with Crippen LogP contribution in [0.5, 0.6) is 0 Å². The van der Waals surface area contributed by atoms with E-state index >= 15 is 0 Å². The summed E-state index contributed by atoms with van der Waals surface area (Å²) >= 11 is 9.32. The van der Waals surface area contributed by atoms with E-state index in [1.54, 1.807) is 0 Å². The van der Waals surface area contributed by atoms with E-state index in [1.807, 2.05) is 6.07 Å². The SMILES string of the molecule is N#Cc1cc2c(nc1Nc1c(Cl)cc(F)cc1Br)CCC2. The number of hydrogen-bond acceptors (Lipinski definition) is 3. The fraction of sp³-hybridized carbons (Fsp3) is 0.200. The molecule has 1 N–H and O–H groups in total. The molecule has 0 aliphatic heterocycles. The number of aryl methyl sites for hydroxylation is 2. The first-order valence-electron chi connectivity index (χ1n) is 6.43. The van der Waals surface area contributed by atoms with Crippen LogP contribution in [0.3, 0.4) is 0 Å². The van der Waals surface area contributed by atoms with Crippen LogP contribution >= 0.6 is 27.5 Å². The number of anilines is 2. The maximum Gasteiger partial charge on any atom is 0.148 e. The number of fused-ring (bicyclic) bond motifs is 1. The van der Waals surface area contributed by atoms with Crippen LogP contribution in [0.15, 0.2) is 22.7 Å². The van der Waals surface area contributed by atoms with Crippen LogP contribution in [0.25, 0.3) is 0 Å². The second-order valence-corrected chi connectivity index (χ2v) is 6.09. The summed E-state index contributed by atoms with van der Waals surface area (Å²) in [5.41, 5.74) is 3.09. The first kappa shape index (κ1) is 14.3. The van der Waals surface area contributed by atoms with E-state index in [0.29, 0.717) is 21.5 Å². The van der Waals surface area contributed by atoms with Gasteiger partial charge in [0.15, 0.2) is 0 Å². The van der Waals surface area contributed by atoms with E-state index in [0.717, 1.165) is 30.5 Å². The Morgan fingerprint density at radius 1 is 1.33 bits per heavy atom. The topological polar surface area (TPSA) is 48.7 Å². The molecular formula is C15H10BrClFN3. The summed E-state index contributed by atoms with van der Waals surface area (Å²) in [5.74, 6) is 0.0206. The van der Waals surface area contributed by atoms with Gasteiger partial charge in [-0.25, -0.2) is 9.37 Å². The normalized spacial score (nSPS) is 12.9. The van der Waals surface area contributed by atoms with Gasteiger partial charge in [0.25, 0.3) is 0 Å². The van der Waals surface area contributed by atoms with E-state index in [1.165, 1.54) is 12.1 Å². The molecule has 6 heteroatoms. The van der Waals surface area contributed by atoms with Crippen LogP contribution in [-0.2, 0) is 12.8 Å². The Kier molecular flexibility index (Phi) is 3.83. The van der Waals surface area contributed by atoms with Crippen molar-refractivity contribution >= 4 is 39.0 Å². The van der Waals surface area contributed by atoms with Crippen LogP contribution in [-0.4, -0.2) is 4.98 Å². The van der Waals surface area contributed by atoms with Gasteiger partial charge < -0.3 is 5.32 Å². The van der Waals surface area contributed by atoms with E-state index in [9.17, 15) is 9.65 Å². The third-order valence-electron chi connectivity index (χ3n) is 3.42. The predicted octanol–water partition coefficient (Wildman–Crippen LogP) is 4.74. The molecule has 0 fully saturated rings. The summed E-state index contributed by atoms with van der Waals surface area (Å²) in [6.45, 7) is 0. The number of halogens is 3. The molecule has 0 saturated carbocycles. The van der Waals surface area contributed by atoms with Crippen LogP contribution in [0.1, 0.15) is 23.2 Å². The van der Waals surface area contributed by atoms with Gasteiger partial charge >= 0.3 is 0 Å². The quantitative estimate of drug-likeness (QED) is 0.835. The zero-order valence-corrected chi connectivity index (χ0v) is 13.2. The van der Waals surface area contributed by atoms with Crippen molar-refractivity contribution in [1.29, 1.82) is 5.26 Å². The standard InChI is InChI=1S/C15H10BrClFN3/c16-11-5-10(18)6-12(17)14(11)21-15-9(7-19)4-8-2-1-3-13(8)20-15/h4-6H,1-3H2,(H,20,21). The fourth-order valence-electron chi connectivity index (χ4n) is 2.43. The Morgan fingerprint density at radius 2 is 2.14 bits per heavy atom. The average Bonchev–Trinajstić information content (AvgIpc) is 2.88. The average molecular weight is 367 g/mol. The summed E-state index contributed by atoms with van der Waals surface area (Å²) in [5, 5.41) is 12.5. The van der Waals surface area contributed by atoms with Crippen molar-refractivity contribution in [2.45, 2.75) is 19.3 Å². The van der Waals surface area contributed by atoms with Gasteiger partial charge in [0.1, 0.15) is 17.7 Å². The lowest BCUT2D eigenvalue weighted by atomic mass is 10.1. The molecule has 106 valence electrons. The predicted molar refractivity (Wildman–Crippen MR) is 83.4 cm³/mol. The molecule has 1 aromatic heterocycles. The molecule has 0 unspecified atom stereocenters. The first-order valence-corrected chi connectivity index (χ1v) is 7.60. The molecule has 3 nitrogen and oxygen atoms in total. The number of rotatable bonds is 2. The molecule has 3 rings (SSSR count). The van der Waals surface area contributed by atoms with Crippen LogP contribution in [0, 0.1) is 17.1 Å². The number of benzene rings is 1. The zero-order chi connectivity index (χ0) is 15.0. The fourth-order valence-corrected chi connectivity index (χ4v) is 3.33. The van der Waals surface area contributed by atoms with Crippen molar-refractivity contribution in [2.75, 3.05) is 5.32 Å². The summed E-state index contributed by atoms with van der Waals surface area (Å²) in [4.78, 5) is 4.52. The number of hydrogen-bond donors (Lipinski definition) is 1. The molecule has 0 atom stereocenters. The second kappa shape index (κ2) is 5.63. The Balaban J connectivity index is 2.05. The van der Waals surface area contributed by atoms with Gasteiger partial charge in [-0.05, 0) is 59.0 Å². The minimum atomic E-state index is -0.431. The maximum absolute atomic E-state index is 13.3. The van der Waals surface area contributed by atoms with Gasteiger partial charge in [-0.1, -0.05) is 11.6 Å². The highest BCUT2D eigenvalue weighted by molar-refractivity contribution is 9.10. The van der Waals surface area contributed by atoms with Gasteiger partial charge in [0, 0.05) is 10.2 Å². The van der Waals surface area contributed by atoms with E-state index in [2.05, 4.69) is 32.3 Å². The van der Waals surface area contributed by atoms with E-state index in [-0.39, 0.29) is 5.02 Å². The second-order valence-electron chi connectivity index (χ2n) is 4.83. The Labute approximate surface area is 134 Å². The van der Waals surface area contributed by atoms with Gasteiger partial charge in [0.05, 0.1) is 16.3 Å². The lowest BCUT2D eigenvalue weighted by molar-refractivity contribution is 0.627. The first-order chi connectivity index (χ1) is 10.1.